The molecule has 7 rings (SSSR count). The van der Waals surface area contributed by atoms with E-state index in [4.69, 9.17) is 19.8 Å². The zero-order valence-corrected chi connectivity index (χ0v) is 32.6. The number of nitrogens with one attached hydrogen (secondary N) is 1. The maximum absolute atomic E-state index is 10.6. The van der Waals surface area contributed by atoms with Crippen LogP contribution in [0.3, 0.4) is 0 Å². The minimum Gasteiger partial charge on any atom is -0.485 e. The predicted octanol–water partition coefficient (Wildman–Crippen LogP) is 8.57. The van der Waals surface area contributed by atoms with Gasteiger partial charge in [-0.25, -0.2) is 4.68 Å². The Balaban J connectivity index is 1.19. The van der Waals surface area contributed by atoms with Crippen LogP contribution in [0.2, 0.25) is 0 Å². The summed E-state index contributed by atoms with van der Waals surface area (Å²) in [6, 6.07) is 49.7. The lowest BCUT2D eigenvalue weighted by molar-refractivity contribution is 0.0970. The summed E-state index contributed by atoms with van der Waals surface area (Å²) in [5.74, 6) is 1.76. The molecule has 2 N–H and O–H groups in total. The summed E-state index contributed by atoms with van der Waals surface area (Å²) < 4.78 is 14.4. The Bertz CT molecular complexity index is 2240. The normalized spacial score (nSPS) is 12.3. The van der Waals surface area contributed by atoms with Gasteiger partial charge in [0.15, 0.2) is 17.3 Å². The van der Waals surface area contributed by atoms with Crippen molar-refractivity contribution < 1.29 is 14.6 Å². The van der Waals surface area contributed by atoms with Crippen LogP contribution < -0.4 is 14.8 Å². The quantitative estimate of drug-likeness (QED) is 0.107. The molecule has 0 aliphatic heterocycles. The molecule has 0 saturated heterocycles. The van der Waals surface area contributed by atoms with Gasteiger partial charge >= 0.3 is 0 Å². The molecule has 1 unspecified atom stereocenters. The van der Waals surface area contributed by atoms with Crippen molar-refractivity contribution in [3.63, 3.8) is 0 Å². The summed E-state index contributed by atoms with van der Waals surface area (Å²) in [5, 5.41) is 27.7. The second-order valence-electron chi connectivity index (χ2n) is 15.0. The number of pyridine rings is 1. The highest BCUT2D eigenvalue weighted by molar-refractivity contribution is 5.81. The molecule has 0 fully saturated rings. The molecule has 0 saturated carbocycles. The first kappa shape index (κ1) is 38.1. The Kier molecular flexibility index (Phi) is 11.4. The van der Waals surface area contributed by atoms with E-state index in [0.717, 1.165) is 44.6 Å². The topological polar surface area (TPSA) is 107 Å². The van der Waals surface area contributed by atoms with Gasteiger partial charge in [-0.3, -0.25) is 4.98 Å². The van der Waals surface area contributed by atoms with Crippen LogP contribution in [0.1, 0.15) is 54.4 Å². The predicted molar refractivity (Wildman–Crippen MR) is 221 cm³/mol. The Morgan fingerprint density at radius 3 is 1.82 bits per heavy atom. The fourth-order valence-corrected chi connectivity index (χ4v) is 7.08. The zero-order valence-electron chi connectivity index (χ0n) is 32.6. The SMILES string of the molecule is Cc1cc(OCc2ccc(-c3ccccc3-c3nnnn3C(c3ccccc3)(c3ccccc3)c3ccccc3)cc2)c(OCC(O)CNC(C)(C)C)c(C)n1. The molecular weight excluding hydrogens is 697 g/mol. The molecule has 0 aliphatic rings. The first-order chi connectivity index (χ1) is 27.1. The fraction of sp³-hybridized carbons (Fsp3) is 0.234. The maximum Gasteiger partial charge on any atom is 0.184 e. The van der Waals surface area contributed by atoms with Crippen LogP contribution in [0.4, 0.5) is 0 Å². The highest BCUT2D eigenvalue weighted by Crippen LogP contribution is 2.43. The van der Waals surface area contributed by atoms with Crippen molar-refractivity contribution in [2.24, 2.45) is 0 Å². The number of aliphatic hydroxyl groups is 1. The number of aromatic nitrogens is 5. The number of rotatable bonds is 14. The van der Waals surface area contributed by atoms with Crippen molar-refractivity contribution in [3.05, 3.63) is 179 Å². The first-order valence-corrected chi connectivity index (χ1v) is 18.9. The largest absolute Gasteiger partial charge is 0.485 e. The number of β-amino-alcohol motifs (C(OH)–C–C–N with tert-alkyl or cyclic N) is 1. The third-order valence-corrected chi connectivity index (χ3v) is 9.71. The van der Waals surface area contributed by atoms with Gasteiger partial charge in [0.2, 0.25) is 0 Å². The summed E-state index contributed by atoms with van der Waals surface area (Å²) in [4.78, 5) is 4.58. The van der Waals surface area contributed by atoms with Crippen LogP contribution in [0, 0.1) is 13.8 Å². The second-order valence-corrected chi connectivity index (χ2v) is 15.0. The van der Waals surface area contributed by atoms with E-state index in [9.17, 15) is 5.11 Å². The lowest BCUT2D eigenvalue weighted by atomic mass is 9.77. The molecule has 9 heteroatoms. The molecule has 56 heavy (non-hydrogen) atoms. The van der Waals surface area contributed by atoms with E-state index >= 15 is 0 Å². The monoisotopic (exact) mass is 744 g/mol. The maximum atomic E-state index is 10.6. The van der Waals surface area contributed by atoms with E-state index in [1.807, 2.05) is 54.9 Å². The Morgan fingerprint density at radius 2 is 1.25 bits per heavy atom. The fourth-order valence-electron chi connectivity index (χ4n) is 7.08. The minimum atomic E-state index is -0.870. The Hall–Kier alpha value is -6.16. The highest BCUT2D eigenvalue weighted by atomic mass is 16.5. The molecule has 1 atom stereocenters. The molecule has 2 aromatic heterocycles. The molecular formula is C47H48N6O3. The summed E-state index contributed by atoms with van der Waals surface area (Å²) >= 11 is 0. The van der Waals surface area contributed by atoms with Crippen LogP contribution in [-0.4, -0.2) is 55.1 Å². The van der Waals surface area contributed by atoms with E-state index in [1.165, 1.54) is 0 Å². The minimum absolute atomic E-state index is 0.107. The number of hydrogen-bond acceptors (Lipinski definition) is 8. The van der Waals surface area contributed by atoms with Gasteiger partial charge in [0.1, 0.15) is 24.9 Å². The molecule has 0 spiro atoms. The molecule has 0 amide bonds. The number of tetrazole rings is 1. The van der Waals surface area contributed by atoms with Crippen LogP contribution in [-0.2, 0) is 12.1 Å². The lowest BCUT2D eigenvalue weighted by Crippen LogP contribution is -2.42. The van der Waals surface area contributed by atoms with Gasteiger partial charge in [0.05, 0.1) is 5.69 Å². The van der Waals surface area contributed by atoms with Crippen LogP contribution in [0.25, 0.3) is 22.5 Å². The molecule has 9 nitrogen and oxygen atoms in total. The number of hydrogen-bond donors (Lipinski definition) is 2. The van der Waals surface area contributed by atoms with Crippen molar-refractivity contribution in [2.75, 3.05) is 13.2 Å². The second kappa shape index (κ2) is 16.7. The lowest BCUT2D eigenvalue weighted by Gasteiger charge is -2.36. The van der Waals surface area contributed by atoms with Crippen molar-refractivity contribution in [2.45, 2.75) is 58.4 Å². The van der Waals surface area contributed by atoms with Crippen molar-refractivity contribution in [1.82, 2.24) is 30.5 Å². The van der Waals surface area contributed by atoms with E-state index in [2.05, 4.69) is 145 Å². The van der Waals surface area contributed by atoms with Crippen LogP contribution >= 0.6 is 0 Å². The number of aliphatic hydroxyl groups excluding tert-OH is 1. The van der Waals surface area contributed by atoms with Gasteiger partial charge in [-0.15, -0.1) is 5.10 Å². The zero-order chi connectivity index (χ0) is 39.1. The highest BCUT2D eigenvalue weighted by Gasteiger charge is 2.42. The van der Waals surface area contributed by atoms with Gasteiger partial charge < -0.3 is 19.9 Å². The van der Waals surface area contributed by atoms with Crippen molar-refractivity contribution in [3.8, 4) is 34.0 Å². The first-order valence-electron chi connectivity index (χ1n) is 18.9. The average Bonchev–Trinajstić information content (AvgIpc) is 3.70. The third kappa shape index (κ3) is 8.24. The molecule has 0 radical (unpaired) electrons. The Labute approximate surface area is 329 Å². The summed E-state index contributed by atoms with van der Waals surface area (Å²) in [7, 11) is 0. The molecule has 7 aromatic rings. The van der Waals surface area contributed by atoms with E-state index in [1.54, 1.807) is 0 Å². The molecule has 284 valence electrons. The summed E-state index contributed by atoms with van der Waals surface area (Å²) in [5.41, 5.74) is 7.56. The van der Waals surface area contributed by atoms with E-state index in [-0.39, 0.29) is 12.1 Å². The smallest absolute Gasteiger partial charge is 0.184 e. The van der Waals surface area contributed by atoms with Gasteiger partial charge in [-0.1, -0.05) is 140 Å². The molecule has 2 heterocycles. The van der Waals surface area contributed by atoms with Crippen LogP contribution in [0.5, 0.6) is 11.5 Å². The summed E-state index contributed by atoms with van der Waals surface area (Å²) in [6.07, 6.45) is -0.686. The van der Waals surface area contributed by atoms with E-state index in [0.29, 0.717) is 36.2 Å². The van der Waals surface area contributed by atoms with Crippen molar-refractivity contribution >= 4 is 0 Å². The molecule has 5 aromatic carbocycles. The van der Waals surface area contributed by atoms with Gasteiger partial charge in [0.25, 0.3) is 0 Å². The van der Waals surface area contributed by atoms with Gasteiger partial charge in [-0.05, 0) is 78.4 Å². The van der Waals surface area contributed by atoms with Gasteiger partial charge in [0, 0.05) is 29.4 Å². The third-order valence-electron chi connectivity index (χ3n) is 9.71. The van der Waals surface area contributed by atoms with E-state index < -0.39 is 11.6 Å². The van der Waals surface area contributed by atoms with Gasteiger partial charge in [-0.2, -0.15) is 0 Å². The number of aryl methyl sites for hydroxylation is 2. The molecule has 0 bridgehead atoms. The number of benzene rings is 5. The summed E-state index contributed by atoms with van der Waals surface area (Å²) in [6.45, 7) is 10.9. The van der Waals surface area contributed by atoms with Crippen LogP contribution in [0.15, 0.2) is 146 Å². The standard InChI is InChI=1S/C47H48N6O3/c1-33-29-43(44(34(2)49-33)56-32-40(54)30-48-46(3,4)5)55-31-35-25-27-36(28-26-35)41-23-15-16-24-42(41)45-50-51-52-53(45)47(37-17-9-6-10-18-37,38-19-11-7-12-20-38)39-21-13-8-14-22-39/h6-29,40,48,54H,30-32H2,1-5H3. The average molecular weight is 745 g/mol. The number of ether oxygens (including phenoxy) is 2. The molecule has 0 aliphatic carbocycles. The number of nitrogens with zero attached hydrogens (tertiary/aromatic N) is 5. The van der Waals surface area contributed by atoms with Crippen molar-refractivity contribution in [1.29, 1.82) is 0 Å². The Morgan fingerprint density at radius 1 is 0.696 bits per heavy atom.